The highest BCUT2D eigenvalue weighted by molar-refractivity contribution is 7.08. The second kappa shape index (κ2) is 10.6. The van der Waals surface area contributed by atoms with Crippen LogP contribution >= 0.6 is 11.3 Å². The number of thiophene rings is 1. The number of carbonyl (C=O) groups excluding carboxylic acids is 1. The fourth-order valence-corrected chi connectivity index (χ4v) is 4.86. The molecular formula is C26H30N2O2S. The summed E-state index contributed by atoms with van der Waals surface area (Å²) in [5, 5.41) is 7.55. The van der Waals surface area contributed by atoms with Crippen LogP contribution in [0.3, 0.4) is 0 Å². The molecule has 2 aromatic carbocycles. The first-order valence-electron chi connectivity index (χ1n) is 11.0. The molecule has 31 heavy (non-hydrogen) atoms. The van der Waals surface area contributed by atoms with Gasteiger partial charge in [-0.15, -0.1) is 0 Å². The third-order valence-corrected chi connectivity index (χ3v) is 6.74. The number of rotatable bonds is 8. The van der Waals surface area contributed by atoms with E-state index < -0.39 is 0 Å². The summed E-state index contributed by atoms with van der Waals surface area (Å²) in [4.78, 5) is 15.5. The summed E-state index contributed by atoms with van der Waals surface area (Å²) in [6, 6.07) is 20.3. The molecule has 4 nitrogen and oxygen atoms in total. The lowest BCUT2D eigenvalue weighted by Gasteiger charge is -2.32. The largest absolute Gasteiger partial charge is 0.492 e. The third-order valence-electron chi connectivity index (χ3n) is 6.04. The van der Waals surface area contributed by atoms with Crippen LogP contribution in [0.4, 0.5) is 0 Å². The fraction of sp³-hybridized carbons (Fsp3) is 0.346. The maximum absolute atomic E-state index is 13.1. The van der Waals surface area contributed by atoms with Crippen LogP contribution in [0.1, 0.15) is 35.6 Å². The number of amides is 1. The van der Waals surface area contributed by atoms with Gasteiger partial charge in [0.25, 0.3) is 0 Å². The zero-order valence-corrected chi connectivity index (χ0v) is 18.8. The van der Waals surface area contributed by atoms with E-state index in [1.807, 2.05) is 42.5 Å². The van der Waals surface area contributed by atoms with Crippen molar-refractivity contribution < 1.29 is 9.53 Å². The number of nitrogens with zero attached hydrogens (tertiary/aromatic N) is 1. The highest BCUT2D eigenvalue weighted by atomic mass is 32.1. The second-order valence-electron chi connectivity index (χ2n) is 8.13. The van der Waals surface area contributed by atoms with Crippen LogP contribution in [0.15, 0.2) is 71.4 Å². The van der Waals surface area contributed by atoms with Gasteiger partial charge in [-0.25, -0.2) is 0 Å². The second-order valence-corrected chi connectivity index (χ2v) is 8.91. The van der Waals surface area contributed by atoms with E-state index in [9.17, 15) is 4.79 Å². The molecule has 1 aliphatic heterocycles. The lowest BCUT2D eigenvalue weighted by Crippen LogP contribution is -2.42. The molecule has 1 amide bonds. The fourth-order valence-electron chi connectivity index (χ4n) is 4.18. The van der Waals surface area contributed by atoms with E-state index >= 15 is 0 Å². The molecule has 0 aliphatic carbocycles. The molecule has 1 fully saturated rings. The van der Waals surface area contributed by atoms with Gasteiger partial charge in [-0.2, -0.15) is 11.3 Å². The van der Waals surface area contributed by atoms with Gasteiger partial charge in [0.05, 0.1) is 6.04 Å². The van der Waals surface area contributed by atoms with Gasteiger partial charge in [0.15, 0.2) is 0 Å². The van der Waals surface area contributed by atoms with Crippen LogP contribution in [-0.4, -0.2) is 37.0 Å². The lowest BCUT2D eigenvalue weighted by molar-refractivity contribution is -0.127. The van der Waals surface area contributed by atoms with Crippen molar-refractivity contribution >= 4 is 17.2 Å². The number of hydrogen-bond acceptors (Lipinski definition) is 4. The molecule has 3 aromatic rings. The standard InChI is InChI=1S/C26H30N2O2S/c1-20-7-5-6-10-24(20)25(22-13-18-31-19-22)27-26(29)21-11-14-28(15-12-21)16-17-30-23-8-3-2-4-9-23/h2-10,13,18-19,21,25H,11-12,14-17H2,1H3,(H,27,29). The minimum atomic E-state index is -0.0859. The molecule has 0 spiro atoms. The van der Waals surface area contributed by atoms with Gasteiger partial charge in [0.1, 0.15) is 12.4 Å². The van der Waals surface area contributed by atoms with Crippen molar-refractivity contribution in [2.75, 3.05) is 26.2 Å². The number of carbonyl (C=O) groups is 1. The van der Waals surface area contributed by atoms with Crippen molar-refractivity contribution in [2.24, 2.45) is 5.92 Å². The van der Waals surface area contributed by atoms with Crippen molar-refractivity contribution in [1.82, 2.24) is 10.2 Å². The molecule has 4 rings (SSSR count). The molecule has 0 saturated carbocycles. The maximum Gasteiger partial charge on any atom is 0.223 e. The Kier molecular flexibility index (Phi) is 7.39. The minimum absolute atomic E-state index is 0.0662. The zero-order chi connectivity index (χ0) is 21.5. The first-order valence-corrected chi connectivity index (χ1v) is 11.9. The first-order chi connectivity index (χ1) is 15.2. The Hall–Kier alpha value is -2.63. The molecule has 1 unspecified atom stereocenters. The molecule has 0 radical (unpaired) electrons. The number of para-hydroxylation sites is 1. The zero-order valence-electron chi connectivity index (χ0n) is 18.0. The van der Waals surface area contributed by atoms with Crippen molar-refractivity contribution in [3.63, 3.8) is 0 Å². The smallest absolute Gasteiger partial charge is 0.223 e. The Morgan fingerprint density at radius 3 is 2.55 bits per heavy atom. The molecule has 1 aromatic heterocycles. The number of piperidine rings is 1. The maximum atomic E-state index is 13.1. The SMILES string of the molecule is Cc1ccccc1C(NC(=O)C1CCN(CCOc2ccccc2)CC1)c1ccsc1. The molecule has 5 heteroatoms. The summed E-state index contributed by atoms with van der Waals surface area (Å²) in [5.74, 6) is 1.14. The summed E-state index contributed by atoms with van der Waals surface area (Å²) in [6.45, 7) is 5.54. The summed E-state index contributed by atoms with van der Waals surface area (Å²) >= 11 is 1.67. The highest BCUT2D eigenvalue weighted by Crippen LogP contribution is 2.28. The normalized spacial score (nSPS) is 16.0. The summed E-state index contributed by atoms with van der Waals surface area (Å²) in [7, 11) is 0. The number of hydrogen-bond donors (Lipinski definition) is 1. The molecule has 1 aliphatic rings. The van der Waals surface area contributed by atoms with Gasteiger partial charge >= 0.3 is 0 Å². The first kappa shape index (κ1) is 21.6. The van der Waals surface area contributed by atoms with Crippen molar-refractivity contribution in [3.8, 4) is 5.75 Å². The van der Waals surface area contributed by atoms with Crippen LogP contribution < -0.4 is 10.1 Å². The van der Waals surface area contributed by atoms with E-state index in [-0.39, 0.29) is 17.9 Å². The average Bonchev–Trinajstić information content (AvgIpc) is 3.34. The monoisotopic (exact) mass is 434 g/mol. The van der Waals surface area contributed by atoms with E-state index in [1.54, 1.807) is 11.3 Å². The Morgan fingerprint density at radius 2 is 1.84 bits per heavy atom. The number of aryl methyl sites for hydroxylation is 1. The van der Waals surface area contributed by atoms with Crippen LogP contribution in [-0.2, 0) is 4.79 Å². The van der Waals surface area contributed by atoms with Gasteiger partial charge in [-0.3, -0.25) is 9.69 Å². The number of likely N-dealkylation sites (tertiary alicyclic amines) is 1. The summed E-state index contributed by atoms with van der Waals surface area (Å²) in [5.41, 5.74) is 3.53. The summed E-state index contributed by atoms with van der Waals surface area (Å²) in [6.07, 6.45) is 1.78. The van der Waals surface area contributed by atoms with Crippen LogP contribution in [0.25, 0.3) is 0 Å². The Morgan fingerprint density at radius 1 is 1.10 bits per heavy atom. The van der Waals surface area contributed by atoms with Crippen molar-refractivity contribution in [2.45, 2.75) is 25.8 Å². The Balaban J connectivity index is 1.30. The molecule has 162 valence electrons. The molecule has 2 heterocycles. The minimum Gasteiger partial charge on any atom is -0.492 e. The predicted molar refractivity (Wildman–Crippen MR) is 127 cm³/mol. The van der Waals surface area contributed by atoms with Crippen LogP contribution in [0.5, 0.6) is 5.75 Å². The molecule has 1 N–H and O–H groups in total. The predicted octanol–water partition coefficient (Wildman–Crippen LogP) is 5.05. The van der Waals surface area contributed by atoms with Gasteiger partial charge < -0.3 is 10.1 Å². The van der Waals surface area contributed by atoms with Crippen LogP contribution in [0, 0.1) is 12.8 Å². The number of ether oxygens (including phenoxy) is 1. The molecule has 1 saturated heterocycles. The average molecular weight is 435 g/mol. The van der Waals surface area contributed by atoms with E-state index in [1.165, 1.54) is 11.1 Å². The Labute approximate surface area is 188 Å². The molecule has 1 atom stereocenters. The van der Waals surface area contributed by atoms with E-state index in [4.69, 9.17) is 4.74 Å². The van der Waals surface area contributed by atoms with Crippen LogP contribution in [0.2, 0.25) is 0 Å². The lowest BCUT2D eigenvalue weighted by atomic mass is 9.93. The van der Waals surface area contributed by atoms with Gasteiger partial charge in [-0.05, 0) is 78.5 Å². The van der Waals surface area contributed by atoms with Crippen molar-refractivity contribution in [1.29, 1.82) is 0 Å². The molecular weight excluding hydrogens is 404 g/mol. The highest BCUT2D eigenvalue weighted by Gasteiger charge is 2.28. The third kappa shape index (κ3) is 5.75. The number of benzene rings is 2. The van der Waals surface area contributed by atoms with Crippen molar-refractivity contribution in [3.05, 3.63) is 88.1 Å². The molecule has 0 bridgehead atoms. The Bertz CT molecular complexity index is 951. The van der Waals surface area contributed by atoms with Gasteiger partial charge in [-0.1, -0.05) is 42.5 Å². The van der Waals surface area contributed by atoms with Gasteiger partial charge in [0.2, 0.25) is 5.91 Å². The van der Waals surface area contributed by atoms with E-state index in [0.29, 0.717) is 6.61 Å². The van der Waals surface area contributed by atoms with E-state index in [2.05, 4.69) is 46.1 Å². The van der Waals surface area contributed by atoms with Gasteiger partial charge in [0, 0.05) is 12.5 Å². The van der Waals surface area contributed by atoms with E-state index in [0.717, 1.165) is 43.8 Å². The number of nitrogens with one attached hydrogen (secondary N) is 1. The quantitative estimate of drug-likeness (QED) is 0.539. The topological polar surface area (TPSA) is 41.6 Å². The summed E-state index contributed by atoms with van der Waals surface area (Å²) < 4.78 is 5.82.